The molecule has 1 saturated heterocycles. The highest BCUT2D eigenvalue weighted by atomic mass is 16.7. The summed E-state index contributed by atoms with van der Waals surface area (Å²) in [6.07, 6.45) is 5.87. The van der Waals surface area contributed by atoms with Crippen molar-refractivity contribution < 1.29 is 28.2 Å². The van der Waals surface area contributed by atoms with E-state index in [9.17, 15) is 9.59 Å². The van der Waals surface area contributed by atoms with Crippen molar-refractivity contribution in [2.45, 2.75) is 65.5 Å². The third-order valence-corrected chi connectivity index (χ3v) is 7.27. The number of carbonyl (C=O) groups is 2. The van der Waals surface area contributed by atoms with E-state index in [1.54, 1.807) is 9.80 Å². The number of hydrogen-bond donors (Lipinski definition) is 0. The van der Waals surface area contributed by atoms with Gasteiger partial charge in [0.05, 0.1) is 26.3 Å². The number of aryl methyl sites for hydroxylation is 1. The van der Waals surface area contributed by atoms with Gasteiger partial charge in [-0.1, -0.05) is 38.7 Å². The highest BCUT2D eigenvalue weighted by Crippen LogP contribution is 2.33. The number of rotatable bonds is 15. The predicted octanol–water partition coefficient (Wildman–Crippen LogP) is 4.37. The lowest BCUT2D eigenvalue weighted by Crippen LogP contribution is -2.47. The molecule has 0 spiro atoms. The van der Waals surface area contributed by atoms with Crippen LogP contribution in [0.1, 0.15) is 62.5 Å². The minimum absolute atomic E-state index is 0.0440. The number of furan rings is 1. The van der Waals surface area contributed by atoms with Crippen LogP contribution >= 0.6 is 0 Å². The van der Waals surface area contributed by atoms with Gasteiger partial charge in [0.15, 0.2) is 11.5 Å². The Hall–Kier alpha value is -3.04. The van der Waals surface area contributed by atoms with Gasteiger partial charge >= 0.3 is 0 Å². The second-order valence-corrected chi connectivity index (χ2v) is 10.4. The molecule has 0 aliphatic carbocycles. The Labute approximate surface area is 232 Å². The van der Waals surface area contributed by atoms with E-state index in [4.69, 9.17) is 18.6 Å². The first-order chi connectivity index (χ1) is 19.0. The number of ether oxygens (including phenoxy) is 3. The zero-order chi connectivity index (χ0) is 27.5. The van der Waals surface area contributed by atoms with Gasteiger partial charge in [0.1, 0.15) is 11.5 Å². The molecule has 9 heteroatoms. The fourth-order valence-corrected chi connectivity index (χ4v) is 4.93. The van der Waals surface area contributed by atoms with Gasteiger partial charge in [0.2, 0.25) is 18.6 Å². The minimum atomic E-state index is -0.108. The summed E-state index contributed by atoms with van der Waals surface area (Å²) >= 11 is 0. The SMILES string of the molecule is CCCCCCCC(=O)N(CCN1CCOCC1)CC(=O)N(Cc1ccc2c(c1)OCO2)Cc1ccc(C)o1. The van der Waals surface area contributed by atoms with E-state index < -0.39 is 0 Å². The molecule has 1 aromatic heterocycles. The first-order valence-electron chi connectivity index (χ1n) is 14.3. The number of unbranched alkanes of at least 4 members (excludes halogenated alkanes) is 4. The van der Waals surface area contributed by atoms with Gasteiger partial charge in [0.25, 0.3) is 0 Å². The maximum atomic E-state index is 13.8. The highest BCUT2D eigenvalue weighted by Gasteiger charge is 2.24. The van der Waals surface area contributed by atoms with Crippen molar-refractivity contribution in [1.29, 1.82) is 0 Å². The monoisotopic (exact) mass is 541 g/mol. The van der Waals surface area contributed by atoms with Gasteiger partial charge < -0.3 is 28.4 Å². The van der Waals surface area contributed by atoms with Crippen LogP contribution in [-0.4, -0.2) is 79.2 Å². The molecule has 0 atom stereocenters. The van der Waals surface area contributed by atoms with Crippen LogP contribution in [0.5, 0.6) is 11.5 Å². The molecular formula is C30H43N3O6. The summed E-state index contributed by atoms with van der Waals surface area (Å²) in [6, 6.07) is 9.52. The first kappa shape index (κ1) is 29.0. The molecule has 39 heavy (non-hydrogen) atoms. The fraction of sp³-hybridized carbons (Fsp3) is 0.600. The van der Waals surface area contributed by atoms with Crippen molar-refractivity contribution in [2.75, 3.05) is 52.7 Å². The lowest BCUT2D eigenvalue weighted by atomic mass is 10.1. The summed E-state index contributed by atoms with van der Waals surface area (Å²) in [5, 5.41) is 0. The van der Waals surface area contributed by atoms with Crippen molar-refractivity contribution in [2.24, 2.45) is 0 Å². The van der Waals surface area contributed by atoms with Crippen molar-refractivity contribution in [3.63, 3.8) is 0 Å². The lowest BCUT2D eigenvalue weighted by Gasteiger charge is -2.31. The van der Waals surface area contributed by atoms with Crippen LogP contribution in [0.4, 0.5) is 0 Å². The Balaban J connectivity index is 1.44. The van der Waals surface area contributed by atoms with Crippen LogP contribution in [0, 0.1) is 6.92 Å². The van der Waals surface area contributed by atoms with Gasteiger partial charge in [-0.2, -0.15) is 0 Å². The predicted molar refractivity (Wildman–Crippen MR) is 147 cm³/mol. The Morgan fingerprint density at radius 2 is 1.69 bits per heavy atom. The largest absolute Gasteiger partial charge is 0.464 e. The second-order valence-electron chi connectivity index (χ2n) is 10.4. The third-order valence-electron chi connectivity index (χ3n) is 7.27. The summed E-state index contributed by atoms with van der Waals surface area (Å²) in [5.41, 5.74) is 0.929. The molecule has 2 aliphatic rings. The Morgan fingerprint density at radius 1 is 0.897 bits per heavy atom. The second kappa shape index (κ2) is 14.9. The van der Waals surface area contributed by atoms with Gasteiger partial charge in [-0.25, -0.2) is 0 Å². The molecule has 0 unspecified atom stereocenters. The number of amides is 2. The molecule has 2 aromatic rings. The number of benzene rings is 1. The molecule has 2 aliphatic heterocycles. The molecule has 214 valence electrons. The van der Waals surface area contributed by atoms with E-state index in [2.05, 4.69) is 11.8 Å². The maximum Gasteiger partial charge on any atom is 0.242 e. The normalized spacial score (nSPS) is 14.9. The summed E-state index contributed by atoms with van der Waals surface area (Å²) in [5.74, 6) is 2.83. The Bertz CT molecular complexity index is 1060. The Kier molecular flexibility index (Phi) is 11.1. The van der Waals surface area contributed by atoms with Crippen LogP contribution in [0.15, 0.2) is 34.7 Å². The molecule has 1 fully saturated rings. The van der Waals surface area contributed by atoms with Crippen LogP contribution in [-0.2, 0) is 27.4 Å². The molecule has 1 aromatic carbocycles. The van der Waals surface area contributed by atoms with Crippen LogP contribution in [0.2, 0.25) is 0 Å². The van der Waals surface area contributed by atoms with Crippen molar-refractivity contribution in [1.82, 2.24) is 14.7 Å². The number of fused-ring (bicyclic) bond motifs is 1. The van der Waals surface area contributed by atoms with E-state index in [1.807, 2.05) is 37.3 Å². The maximum absolute atomic E-state index is 13.8. The molecule has 9 nitrogen and oxygen atoms in total. The molecule has 0 N–H and O–H groups in total. The van der Waals surface area contributed by atoms with Crippen LogP contribution in [0.3, 0.4) is 0 Å². The fourth-order valence-electron chi connectivity index (χ4n) is 4.93. The lowest BCUT2D eigenvalue weighted by molar-refractivity contribution is -0.141. The molecule has 0 bridgehead atoms. The van der Waals surface area contributed by atoms with Gasteiger partial charge in [0, 0.05) is 39.1 Å². The summed E-state index contributed by atoms with van der Waals surface area (Å²) < 4.78 is 22.3. The number of hydrogen-bond acceptors (Lipinski definition) is 7. The minimum Gasteiger partial charge on any atom is -0.464 e. The van der Waals surface area contributed by atoms with E-state index in [1.165, 1.54) is 12.8 Å². The highest BCUT2D eigenvalue weighted by molar-refractivity contribution is 5.85. The Morgan fingerprint density at radius 3 is 2.46 bits per heavy atom. The van der Waals surface area contributed by atoms with Crippen molar-refractivity contribution >= 4 is 11.8 Å². The van der Waals surface area contributed by atoms with Crippen molar-refractivity contribution in [3.8, 4) is 11.5 Å². The van der Waals surface area contributed by atoms with Crippen LogP contribution in [0.25, 0.3) is 0 Å². The smallest absolute Gasteiger partial charge is 0.242 e. The quantitative estimate of drug-likeness (QED) is 0.310. The zero-order valence-corrected chi connectivity index (χ0v) is 23.5. The van der Waals surface area contributed by atoms with E-state index in [-0.39, 0.29) is 25.2 Å². The summed E-state index contributed by atoms with van der Waals surface area (Å²) in [4.78, 5) is 32.9. The average Bonchev–Trinajstić information content (AvgIpc) is 3.59. The van der Waals surface area contributed by atoms with E-state index in [0.717, 1.165) is 50.2 Å². The standard InChI is InChI=1S/C30H43N3O6/c1-3-4-5-6-7-8-29(34)32(14-13-31-15-17-36-18-16-31)22-30(35)33(21-26-11-9-24(2)39-26)20-25-10-12-27-28(19-25)38-23-37-27/h9-12,19H,3-8,13-18,20-23H2,1-2H3. The van der Waals surface area contributed by atoms with Crippen molar-refractivity contribution in [3.05, 3.63) is 47.4 Å². The molecule has 4 rings (SSSR count). The van der Waals surface area contributed by atoms with Gasteiger partial charge in [-0.15, -0.1) is 0 Å². The number of morpholine rings is 1. The third kappa shape index (κ3) is 9.00. The molecule has 0 radical (unpaired) electrons. The molecular weight excluding hydrogens is 498 g/mol. The summed E-state index contributed by atoms with van der Waals surface area (Å²) in [6.45, 7) is 9.38. The molecule has 2 amide bonds. The summed E-state index contributed by atoms with van der Waals surface area (Å²) in [7, 11) is 0. The number of carbonyl (C=O) groups excluding carboxylic acids is 2. The van der Waals surface area contributed by atoms with E-state index in [0.29, 0.717) is 56.5 Å². The van der Waals surface area contributed by atoms with Crippen LogP contribution < -0.4 is 9.47 Å². The molecule has 3 heterocycles. The zero-order valence-electron chi connectivity index (χ0n) is 23.5. The topological polar surface area (TPSA) is 84.7 Å². The van der Waals surface area contributed by atoms with Gasteiger partial charge in [-0.3, -0.25) is 14.5 Å². The first-order valence-corrected chi connectivity index (χ1v) is 14.3. The number of nitrogens with zero attached hydrogens (tertiary/aromatic N) is 3. The van der Waals surface area contributed by atoms with Gasteiger partial charge in [-0.05, 0) is 43.2 Å². The molecule has 0 saturated carbocycles. The van der Waals surface area contributed by atoms with E-state index >= 15 is 0 Å². The average molecular weight is 542 g/mol.